The Labute approximate surface area is 183 Å². The van der Waals surface area contributed by atoms with Crippen LogP contribution in [0, 0.1) is 6.92 Å². The summed E-state index contributed by atoms with van der Waals surface area (Å²) in [4.78, 5) is 14.1. The van der Waals surface area contributed by atoms with Crippen LogP contribution in [-0.4, -0.2) is 39.8 Å². The van der Waals surface area contributed by atoms with E-state index in [2.05, 4.69) is 20.7 Å². The van der Waals surface area contributed by atoms with Gasteiger partial charge in [-0.2, -0.15) is 0 Å². The number of amides is 1. The molecule has 0 bridgehead atoms. The van der Waals surface area contributed by atoms with Crippen LogP contribution < -0.4 is 5.32 Å². The quantitative estimate of drug-likeness (QED) is 0.457. The first-order valence-electron chi connectivity index (χ1n) is 9.58. The third-order valence-electron chi connectivity index (χ3n) is 4.56. The molecule has 158 valence electrons. The maximum absolute atomic E-state index is 12.3. The standard InChI is InChI=1S/C22H20ClN5O3/c1-14-20(21(27-31-14)15-8-4-3-5-9-15)22-26-25-19(30-22)13-28(2)12-18(29)24-17-11-7-6-10-16(17)23/h3-11H,12-13H2,1-2H3,(H,24,29). The predicted molar refractivity (Wildman–Crippen MR) is 116 cm³/mol. The highest BCUT2D eigenvalue weighted by atomic mass is 35.5. The molecule has 0 aliphatic carbocycles. The van der Waals surface area contributed by atoms with Gasteiger partial charge >= 0.3 is 0 Å². The summed E-state index contributed by atoms with van der Waals surface area (Å²) in [5.74, 6) is 1.09. The summed E-state index contributed by atoms with van der Waals surface area (Å²) in [5.41, 5.74) is 2.76. The SMILES string of the molecule is Cc1onc(-c2ccccc2)c1-c1nnc(CN(C)CC(=O)Nc2ccccc2Cl)o1. The zero-order valence-corrected chi connectivity index (χ0v) is 17.8. The molecule has 4 aromatic rings. The van der Waals surface area contributed by atoms with Crippen LogP contribution in [0.1, 0.15) is 11.7 Å². The van der Waals surface area contributed by atoms with Crippen molar-refractivity contribution in [1.82, 2.24) is 20.3 Å². The molecule has 0 fully saturated rings. The minimum absolute atomic E-state index is 0.129. The van der Waals surface area contributed by atoms with Crippen molar-refractivity contribution < 1.29 is 13.7 Å². The average Bonchev–Trinajstić information content (AvgIpc) is 3.36. The average molecular weight is 438 g/mol. The molecule has 0 radical (unpaired) electrons. The monoisotopic (exact) mass is 437 g/mol. The molecule has 0 atom stereocenters. The number of benzene rings is 2. The van der Waals surface area contributed by atoms with Crippen molar-refractivity contribution in [2.75, 3.05) is 18.9 Å². The van der Waals surface area contributed by atoms with Gasteiger partial charge in [-0.15, -0.1) is 10.2 Å². The summed E-state index contributed by atoms with van der Waals surface area (Å²) in [6.07, 6.45) is 0. The van der Waals surface area contributed by atoms with Gasteiger partial charge in [0.2, 0.25) is 11.8 Å². The van der Waals surface area contributed by atoms with Crippen LogP contribution in [0.4, 0.5) is 5.69 Å². The van der Waals surface area contributed by atoms with E-state index in [4.69, 9.17) is 20.5 Å². The fourth-order valence-corrected chi connectivity index (χ4v) is 3.30. The number of likely N-dealkylation sites (N-methyl/N-ethyl adjacent to an activating group) is 1. The Morgan fingerprint density at radius 1 is 1.10 bits per heavy atom. The van der Waals surface area contributed by atoms with Crippen LogP contribution in [0.15, 0.2) is 63.5 Å². The van der Waals surface area contributed by atoms with Crippen LogP contribution in [0.25, 0.3) is 22.7 Å². The first kappa shape index (κ1) is 20.8. The summed E-state index contributed by atoms with van der Waals surface area (Å²) >= 11 is 6.08. The van der Waals surface area contributed by atoms with Crippen LogP contribution >= 0.6 is 11.6 Å². The molecule has 4 rings (SSSR count). The second-order valence-corrected chi connectivity index (χ2v) is 7.44. The summed E-state index contributed by atoms with van der Waals surface area (Å²) in [6.45, 7) is 2.22. The van der Waals surface area contributed by atoms with Crippen molar-refractivity contribution in [3.05, 3.63) is 71.3 Å². The molecule has 31 heavy (non-hydrogen) atoms. The summed E-state index contributed by atoms with van der Waals surface area (Å²) in [7, 11) is 1.79. The van der Waals surface area contributed by atoms with Crippen molar-refractivity contribution in [2.45, 2.75) is 13.5 Å². The Kier molecular flexibility index (Phi) is 6.11. The normalized spacial score (nSPS) is 11.1. The molecule has 0 aliphatic heterocycles. The predicted octanol–water partition coefficient (Wildman–Crippen LogP) is 4.42. The number of carbonyl (C=O) groups excluding carboxylic acids is 1. The summed E-state index contributed by atoms with van der Waals surface area (Å²) in [5, 5.41) is 15.7. The number of carbonyl (C=O) groups is 1. The van der Waals surface area contributed by atoms with E-state index < -0.39 is 0 Å². The lowest BCUT2D eigenvalue weighted by molar-refractivity contribution is -0.117. The number of hydrogen-bond acceptors (Lipinski definition) is 7. The molecule has 0 spiro atoms. The van der Waals surface area contributed by atoms with Crippen LogP contribution in [0.5, 0.6) is 0 Å². The molecule has 2 aromatic heterocycles. The maximum atomic E-state index is 12.3. The van der Waals surface area contributed by atoms with Crippen molar-refractivity contribution in [1.29, 1.82) is 0 Å². The van der Waals surface area contributed by atoms with E-state index in [0.717, 1.165) is 5.56 Å². The van der Waals surface area contributed by atoms with E-state index in [1.165, 1.54) is 0 Å². The Balaban J connectivity index is 1.44. The minimum Gasteiger partial charge on any atom is -0.419 e. The largest absolute Gasteiger partial charge is 0.419 e. The lowest BCUT2D eigenvalue weighted by Crippen LogP contribution is -2.30. The topological polar surface area (TPSA) is 97.3 Å². The van der Waals surface area contributed by atoms with Gasteiger partial charge in [0, 0.05) is 5.56 Å². The molecule has 0 unspecified atom stereocenters. The second-order valence-electron chi connectivity index (χ2n) is 7.03. The lowest BCUT2D eigenvalue weighted by atomic mass is 10.1. The molecule has 8 nitrogen and oxygen atoms in total. The van der Waals surface area contributed by atoms with Crippen LogP contribution in [-0.2, 0) is 11.3 Å². The molecule has 0 saturated heterocycles. The Hall–Kier alpha value is -3.49. The smallest absolute Gasteiger partial charge is 0.253 e. The van der Waals surface area contributed by atoms with Gasteiger partial charge in [0.1, 0.15) is 17.0 Å². The van der Waals surface area contributed by atoms with Gasteiger partial charge in [-0.1, -0.05) is 59.2 Å². The number of anilines is 1. The van der Waals surface area contributed by atoms with Gasteiger partial charge in [0.15, 0.2) is 0 Å². The molecule has 2 heterocycles. The molecular weight excluding hydrogens is 418 g/mol. The maximum Gasteiger partial charge on any atom is 0.253 e. The third-order valence-corrected chi connectivity index (χ3v) is 4.89. The van der Waals surface area contributed by atoms with Crippen molar-refractivity contribution in [3.8, 4) is 22.7 Å². The molecular formula is C22H20ClN5O3. The van der Waals surface area contributed by atoms with E-state index in [1.807, 2.05) is 36.4 Å². The molecule has 2 aromatic carbocycles. The number of hydrogen-bond donors (Lipinski definition) is 1. The Morgan fingerprint density at radius 2 is 1.84 bits per heavy atom. The number of nitrogens with one attached hydrogen (secondary N) is 1. The molecule has 1 N–H and O–H groups in total. The zero-order valence-electron chi connectivity index (χ0n) is 17.0. The molecule has 9 heteroatoms. The molecule has 0 aliphatic rings. The minimum atomic E-state index is -0.198. The summed E-state index contributed by atoms with van der Waals surface area (Å²) < 4.78 is 11.2. The number of aromatic nitrogens is 3. The van der Waals surface area contributed by atoms with E-state index in [1.54, 1.807) is 37.1 Å². The number of halogens is 1. The van der Waals surface area contributed by atoms with Gasteiger partial charge in [0.25, 0.3) is 5.89 Å². The fraction of sp³-hybridized carbons (Fsp3) is 0.182. The van der Waals surface area contributed by atoms with Gasteiger partial charge in [-0.05, 0) is 26.1 Å². The van der Waals surface area contributed by atoms with Gasteiger partial charge in [-0.25, -0.2) is 0 Å². The highest BCUT2D eigenvalue weighted by molar-refractivity contribution is 6.33. The third kappa shape index (κ3) is 4.82. The van der Waals surface area contributed by atoms with Crippen molar-refractivity contribution in [2.24, 2.45) is 0 Å². The number of para-hydroxylation sites is 1. The van der Waals surface area contributed by atoms with E-state index in [-0.39, 0.29) is 12.5 Å². The van der Waals surface area contributed by atoms with Gasteiger partial charge in [0.05, 0.1) is 23.8 Å². The first-order valence-corrected chi connectivity index (χ1v) is 9.96. The first-order chi connectivity index (χ1) is 15.0. The second kappa shape index (κ2) is 9.11. The van der Waals surface area contributed by atoms with Crippen molar-refractivity contribution in [3.63, 3.8) is 0 Å². The Bertz CT molecular complexity index is 1190. The van der Waals surface area contributed by atoms with E-state index in [9.17, 15) is 4.79 Å². The molecule has 0 saturated carbocycles. The Morgan fingerprint density at radius 3 is 2.61 bits per heavy atom. The number of rotatable bonds is 7. The fourth-order valence-electron chi connectivity index (χ4n) is 3.12. The van der Waals surface area contributed by atoms with Gasteiger partial charge in [-0.3, -0.25) is 9.69 Å². The zero-order chi connectivity index (χ0) is 21.8. The lowest BCUT2D eigenvalue weighted by Gasteiger charge is -2.14. The van der Waals surface area contributed by atoms with Crippen molar-refractivity contribution >= 4 is 23.2 Å². The highest BCUT2D eigenvalue weighted by Gasteiger charge is 2.22. The van der Waals surface area contributed by atoms with Crippen LogP contribution in [0.3, 0.4) is 0 Å². The van der Waals surface area contributed by atoms with E-state index in [0.29, 0.717) is 46.1 Å². The highest BCUT2D eigenvalue weighted by Crippen LogP contribution is 2.33. The molecule has 1 amide bonds. The summed E-state index contributed by atoms with van der Waals surface area (Å²) in [6, 6.07) is 16.7. The van der Waals surface area contributed by atoms with E-state index >= 15 is 0 Å². The number of aryl methyl sites for hydroxylation is 1. The number of nitrogens with zero attached hydrogens (tertiary/aromatic N) is 4. The van der Waals surface area contributed by atoms with Crippen LogP contribution in [0.2, 0.25) is 5.02 Å². The van der Waals surface area contributed by atoms with Gasteiger partial charge < -0.3 is 14.3 Å².